The summed E-state index contributed by atoms with van der Waals surface area (Å²) in [6.07, 6.45) is 4.34. The molecule has 3 heterocycles. The normalized spacial score (nSPS) is 15.8. The van der Waals surface area contributed by atoms with E-state index in [1.807, 2.05) is 29.5 Å². The number of hydrogen-bond donors (Lipinski definition) is 1. The van der Waals surface area contributed by atoms with Crippen molar-refractivity contribution in [1.29, 1.82) is 0 Å². The lowest BCUT2D eigenvalue weighted by Crippen LogP contribution is -2.41. The average Bonchev–Trinajstić information content (AvgIpc) is 3.24. The van der Waals surface area contributed by atoms with Gasteiger partial charge in [0.15, 0.2) is 0 Å². The van der Waals surface area contributed by atoms with Gasteiger partial charge >= 0.3 is 0 Å². The van der Waals surface area contributed by atoms with Gasteiger partial charge in [-0.2, -0.15) is 5.10 Å². The van der Waals surface area contributed by atoms with Crippen LogP contribution in [0.5, 0.6) is 0 Å². The molecule has 0 spiro atoms. The predicted molar refractivity (Wildman–Crippen MR) is 93.1 cm³/mol. The first-order valence-electron chi connectivity index (χ1n) is 8.28. The van der Waals surface area contributed by atoms with Gasteiger partial charge in [-0.15, -0.1) is 11.3 Å². The Labute approximate surface area is 145 Å². The first kappa shape index (κ1) is 17.1. The van der Waals surface area contributed by atoms with Crippen LogP contribution >= 0.6 is 11.3 Å². The Balaban J connectivity index is 1.64. The minimum atomic E-state index is 0.0420. The molecule has 0 aliphatic carbocycles. The summed E-state index contributed by atoms with van der Waals surface area (Å²) in [5.74, 6) is 0.0420. The molecule has 0 radical (unpaired) electrons. The topological polar surface area (TPSA) is 67.6 Å². The van der Waals surface area contributed by atoms with Gasteiger partial charge in [0.25, 0.3) is 5.91 Å². The fourth-order valence-electron chi connectivity index (χ4n) is 2.95. The molecule has 1 aliphatic rings. The number of amides is 1. The largest absolute Gasteiger partial charge is 0.396 e. The number of nitrogens with zero attached hydrogens (tertiary/aromatic N) is 3. The van der Waals surface area contributed by atoms with Crippen LogP contribution in [-0.2, 0) is 11.8 Å². The highest BCUT2D eigenvalue weighted by Gasteiger charge is 2.27. The lowest BCUT2D eigenvalue weighted by Gasteiger charge is -2.31. The van der Waals surface area contributed by atoms with Crippen LogP contribution in [0.4, 0.5) is 0 Å². The zero-order chi connectivity index (χ0) is 16.9. The molecule has 0 bridgehead atoms. The second kappa shape index (κ2) is 7.92. The number of carbonyl (C=O) groups excluding carboxylic acids is 1. The zero-order valence-corrected chi connectivity index (χ0v) is 14.7. The molecule has 1 fully saturated rings. The van der Waals surface area contributed by atoms with Crippen LogP contribution in [0.2, 0.25) is 0 Å². The van der Waals surface area contributed by atoms with Gasteiger partial charge in [0.2, 0.25) is 0 Å². The van der Waals surface area contributed by atoms with E-state index in [4.69, 9.17) is 9.84 Å². The molecule has 1 amide bonds. The SMILES string of the molecule is Cn1cc(C(=O)N2CCC(OCCCO)CC2)c(-c2cccs2)n1. The van der Waals surface area contributed by atoms with Gasteiger partial charge in [-0.25, -0.2) is 0 Å². The van der Waals surface area contributed by atoms with Crippen molar-refractivity contribution in [2.75, 3.05) is 26.3 Å². The average molecular weight is 349 g/mol. The summed E-state index contributed by atoms with van der Waals surface area (Å²) in [7, 11) is 1.84. The third-order valence-electron chi connectivity index (χ3n) is 4.20. The number of hydrogen-bond acceptors (Lipinski definition) is 5. The van der Waals surface area contributed by atoms with E-state index in [0.29, 0.717) is 31.7 Å². The summed E-state index contributed by atoms with van der Waals surface area (Å²) in [4.78, 5) is 15.8. The van der Waals surface area contributed by atoms with Crippen molar-refractivity contribution in [2.24, 2.45) is 7.05 Å². The number of thiophene rings is 1. The van der Waals surface area contributed by atoms with E-state index >= 15 is 0 Å². The third kappa shape index (κ3) is 3.85. The number of rotatable bonds is 6. The number of carbonyl (C=O) groups is 1. The number of aliphatic hydroxyl groups excluding tert-OH is 1. The second-order valence-corrected chi connectivity index (χ2v) is 6.93. The van der Waals surface area contributed by atoms with Gasteiger partial charge in [-0.3, -0.25) is 9.48 Å². The van der Waals surface area contributed by atoms with Crippen molar-refractivity contribution >= 4 is 17.2 Å². The molecule has 1 N–H and O–H groups in total. The summed E-state index contributed by atoms with van der Waals surface area (Å²) >= 11 is 1.59. The maximum Gasteiger partial charge on any atom is 0.257 e. The highest BCUT2D eigenvalue weighted by Crippen LogP contribution is 2.28. The predicted octanol–water partition coefficient (Wildman–Crippen LogP) is 2.15. The van der Waals surface area contributed by atoms with Crippen molar-refractivity contribution in [2.45, 2.75) is 25.4 Å². The molecule has 130 valence electrons. The van der Waals surface area contributed by atoms with Gasteiger partial charge in [-0.05, 0) is 30.7 Å². The van der Waals surface area contributed by atoms with Gasteiger partial charge in [-0.1, -0.05) is 6.07 Å². The van der Waals surface area contributed by atoms with Crippen molar-refractivity contribution in [3.8, 4) is 10.6 Å². The van der Waals surface area contributed by atoms with Crippen LogP contribution in [0.1, 0.15) is 29.6 Å². The number of ether oxygens (including phenoxy) is 1. The van der Waals surface area contributed by atoms with Crippen LogP contribution in [0.15, 0.2) is 23.7 Å². The van der Waals surface area contributed by atoms with Crippen LogP contribution < -0.4 is 0 Å². The van der Waals surface area contributed by atoms with Crippen molar-refractivity contribution < 1.29 is 14.6 Å². The highest BCUT2D eigenvalue weighted by atomic mass is 32.1. The van der Waals surface area contributed by atoms with Crippen LogP contribution in [0.3, 0.4) is 0 Å². The van der Waals surface area contributed by atoms with Crippen molar-refractivity contribution in [3.05, 3.63) is 29.3 Å². The molecule has 2 aromatic heterocycles. The molecule has 24 heavy (non-hydrogen) atoms. The van der Waals surface area contributed by atoms with E-state index in [2.05, 4.69) is 5.10 Å². The number of piperidine rings is 1. The Kier molecular flexibility index (Phi) is 5.65. The summed E-state index contributed by atoms with van der Waals surface area (Å²) in [6.45, 7) is 2.13. The van der Waals surface area contributed by atoms with Crippen molar-refractivity contribution in [3.63, 3.8) is 0 Å². The molecule has 1 aliphatic heterocycles. The molecular weight excluding hydrogens is 326 g/mol. The number of aliphatic hydroxyl groups is 1. The lowest BCUT2D eigenvalue weighted by molar-refractivity contribution is 0.00399. The molecule has 2 aromatic rings. The van der Waals surface area contributed by atoms with Gasteiger partial charge < -0.3 is 14.7 Å². The Morgan fingerprint density at radius 1 is 1.46 bits per heavy atom. The zero-order valence-electron chi connectivity index (χ0n) is 13.9. The Morgan fingerprint density at radius 2 is 2.25 bits per heavy atom. The molecule has 7 heteroatoms. The Morgan fingerprint density at radius 3 is 2.92 bits per heavy atom. The number of aromatic nitrogens is 2. The first-order valence-corrected chi connectivity index (χ1v) is 9.16. The first-order chi connectivity index (χ1) is 11.7. The lowest BCUT2D eigenvalue weighted by atomic mass is 10.1. The maximum atomic E-state index is 12.9. The summed E-state index contributed by atoms with van der Waals surface area (Å²) in [6, 6.07) is 3.96. The smallest absolute Gasteiger partial charge is 0.257 e. The van der Waals surface area contributed by atoms with E-state index in [1.54, 1.807) is 22.2 Å². The van der Waals surface area contributed by atoms with E-state index < -0.39 is 0 Å². The quantitative estimate of drug-likeness (QED) is 0.812. The summed E-state index contributed by atoms with van der Waals surface area (Å²) in [5.41, 5.74) is 1.43. The van der Waals surface area contributed by atoms with E-state index in [-0.39, 0.29) is 18.6 Å². The number of aryl methyl sites for hydroxylation is 1. The standard InChI is InChI=1S/C17H23N3O3S/c1-19-12-14(16(18-19)15-4-2-11-24-15)17(22)20-7-5-13(6-8-20)23-10-3-9-21/h2,4,11-13,21H,3,5-10H2,1H3. The molecule has 0 unspecified atom stereocenters. The summed E-state index contributed by atoms with van der Waals surface area (Å²) in [5, 5.41) is 15.3. The molecule has 0 aromatic carbocycles. The van der Waals surface area contributed by atoms with E-state index in [1.165, 1.54) is 0 Å². The molecule has 0 atom stereocenters. The highest BCUT2D eigenvalue weighted by molar-refractivity contribution is 7.13. The number of likely N-dealkylation sites (tertiary alicyclic amines) is 1. The molecule has 3 rings (SSSR count). The molecular formula is C17H23N3O3S. The molecule has 1 saturated heterocycles. The van der Waals surface area contributed by atoms with Gasteiger partial charge in [0, 0.05) is 39.5 Å². The fourth-order valence-corrected chi connectivity index (χ4v) is 3.67. The van der Waals surface area contributed by atoms with Crippen LogP contribution in [0, 0.1) is 0 Å². The molecule has 0 saturated carbocycles. The minimum absolute atomic E-state index is 0.0420. The molecule has 6 nitrogen and oxygen atoms in total. The fraction of sp³-hybridized carbons (Fsp3) is 0.529. The Bertz CT molecular complexity index is 661. The monoisotopic (exact) mass is 349 g/mol. The van der Waals surface area contributed by atoms with Gasteiger partial charge in [0.1, 0.15) is 5.69 Å². The van der Waals surface area contributed by atoms with E-state index in [0.717, 1.165) is 23.4 Å². The Hall–Kier alpha value is -1.70. The van der Waals surface area contributed by atoms with Gasteiger partial charge in [0.05, 0.1) is 16.5 Å². The van der Waals surface area contributed by atoms with Crippen LogP contribution in [-0.4, -0.2) is 58.1 Å². The maximum absolute atomic E-state index is 12.9. The third-order valence-corrected chi connectivity index (χ3v) is 5.08. The second-order valence-electron chi connectivity index (χ2n) is 5.98. The summed E-state index contributed by atoms with van der Waals surface area (Å²) < 4.78 is 7.43. The minimum Gasteiger partial charge on any atom is -0.396 e. The van der Waals surface area contributed by atoms with Crippen molar-refractivity contribution in [1.82, 2.24) is 14.7 Å². The van der Waals surface area contributed by atoms with Crippen LogP contribution in [0.25, 0.3) is 10.6 Å². The van der Waals surface area contributed by atoms with E-state index in [9.17, 15) is 4.79 Å².